The molecule has 12 heteroatoms. The van der Waals surface area contributed by atoms with E-state index in [9.17, 15) is 39.5 Å². The van der Waals surface area contributed by atoms with Gasteiger partial charge >= 0.3 is 24.9 Å². The Hall–Kier alpha value is -0.750. The number of hydrogen-bond acceptors (Lipinski definition) is 3. The molecule has 0 amide bonds. The van der Waals surface area contributed by atoms with Crippen LogP contribution < -0.4 is 0 Å². The van der Waals surface area contributed by atoms with Gasteiger partial charge in [-0.3, -0.25) is 4.74 Å². The van der Waals surface area contributed by atoms with Crippen molar-refractivity contribution in [2.75, 3.05) is 0 Å². The lowest BCUT2D eigenvalue weighted by atomic mass is 10.5. The van der Waals surface area contributed by atoms with Crippen LogP contribution in [0.5, 0.6) is 0 Å². The highest BCUT2D eigenvalue weighted by atomic mass is 19.3. The Morgan fingerprint density at radius 1 is 0.824 bits per heavy atom. The van der Waals surface area contributed by atoms with Crippen LogP contribution in [0.3, 0.4) is 0 Å². The van der Waals surface area contributed by atoms with Gasteiger partial charge in [0, 0.05) is 0 Å². The third-order valence-corrected chi connectivity index (χ3v) is 1.12. The van der Waals surface area contributed by atoms with Gasteiger partial charge in [-0.1, -0.05) is 0 Å². The smallest absolute Gasteiger partial charge is 0.357 e. The highest BCUT2D eigenvalue weighted by Crippen LogP contribution is 2.42. The molecule has 0 aliphatic rings. The Balaban J connectivity index is 4.89. The number of hydrogen-bond donors (Lipinski definition) is 1. The van der Waals surface area contributed by atoms with Gasteiger partial charge in [0.1, 0.15) is 0 Å². The summed E-state index contributed by atoms with van der Waals surface area (Å²) >= 11 is 0. The molecule has 1 unspecified atom stereocenters. The SMILES string of the molecule is OC(F)C(F)(F)OC(F)(F)C(F)(F)OC(F)F. The van der Waals surface area contributed by atoms with Gasteiger partial charge in [-0.15, -0.1) is 0 Å². The Labute approximate surface area is 86.7 Å². The number of ether oxygens (including phenoxy) is 2. The molecule has 0 radical (unpaired) electrons. The normalized spacial score (nSPS) is 16.4. The van der Waals surface area contributed by atoms with Crippen LogP contribution >= 0.6 is 0 Å². The first-order valence-electron chi connectivity index (χ1n) is 3.43. The molecule has 0 aromatic rings. The molecule has 0 aliphatic heterocycles. The van der Waals surface area contributed by atoms with E-state index in [0.717, 1.165) is 0 Å². The van der Waals surface area contributed by atoms with Crippen molar-refractivity contribution >= 4 is 0 Å². The summed E-state index contributed by atoms with van der Waals surface area (Å²) in [7, 11) is 0. The fourth-order valence-electron chi connectivity index (χ4n) is 0.459. The van der Waals surface area contributed by atoms with Crippen LogP contribution in [0.2, 0.25) is 0 Å². The second-order valence-corrected chi connectivity index (χ2v) is 2.41. The summed E-state index contributed by atoms with van der Waals surface area (Å²) in [5.41, 5.74) is 0. The van der Waals surface area contributed by atoms with Crippen molar-refractivity contribution in [3.05, 3.63) is 0 Å². The summed E-state index contributed by atoms with van der Waals surface area (Å²) in [6, 6.07) is 0. The van der Waals surface area contributed by atoms with E-state index in [0.29, 0.717) is 0 Å². The molecule has 17 heavy (non-hydrogen) atoms. The monoisotopic (exact) mass is 282 g/mol. The van der Waals surface area contributed by atoms with Gasteiger partial charge < -0.3 is 5.11 Å². The Morgan fingerprint density at radius 3 is 1.53 bits per heavy atom. The van der Waals surface area contributed by atoms with Gasteiger partial charge in [0.2, 0.25) is 0 Å². The van der Waals surface area contributed by atoms with Crippen LogP contribution in [0, 0.1) is 0 Å². The molecule has 3 nitrogen and oxygen atoms in total. The van der Waals surface area contributed by atoms with Gasteiger partial charge in [-0.25, -0.2) is 9.13 Å². The molecule has 0 aliphatic carbocycles. The summed E-state index contributed by atoms with van der Waals surface area (Å²) in [4.78, 5) is 0. The van der Waals surface area contributed by atoms with Crippen molar-refractivity contribution in [2.24, 2.45) is 0 Å². The molecule has 0 aromatic carbocycles. The van der Waals surface area contributed by atoms with Gasteiger partial charge in [-0.05, 0) is 0 Å². The van der Waals surface area contributed by atoms with E-state index >= 15 is 0 Å². The van der Waals surface area contributed by atoms with Crippen LogP contribution in [-0.4, -0.2) is 36.4 Å². The topological polar surface area (TPSA) is 38.7 Å². The summed E-state index contributed by atoms with van der Waals surface area (Å²) in [5.74, 6) is 0. The first-order valence-corrected chi connectivity index (χ1v) is 3.43. The van der Waals surface area contributed by atoms with Crippen molar-refractivity contribution in [1.29, 1.82) is 0 Å². The van der Waals surface area contributed by atoms with Crippen LogP contribution in [0.25, 0.3) is 0 Å². The quantitative estimate of drug-likeness (QED) is 0.760. The van der Waals surface area contributed by atoms with Crippen molar-refractivity contribution < 1.29 is 54.1 Å². The predicted molar refractivity (Wildman–Crippen MR) is 30.1 cm³/mol. The largest absolute Gasteiger partial charge is 0.453 e. The molecule has 1 N–H and O–H groups in total. The average Bonchev–Trinajstić information content (AvgIpc) is 1.97. The summed E-state index contributed by atoms with van der Waals surface area (Å²) in [6.45, 7) is -4.43. The Morgan fingerprint density at radius 2 is 1.24 bits per heavy atom. The maximum atomic E-state index is 12.2. The number of halogens is 9. The molecule has 0 rings (SSSR count). The highest BCUT2D eigenvalue weighted by molar-refractivity contribution is 4.70. The number of aliphatic hydroxyl groups excluding tert-OH is 1. The van der Waals surface area contributed by atoms with Crippen molar-refractivity contribution in [3.63, 3.8) is 0 Å². The molecule has 0 spiro atoms. The van der Waals surface area contributed by atoms with E-state index in [1.807, 2.05) is 9.47 Å². The standard InChI is InChI=1S/C5H3F9O3/c6-1(15)3(9,10)17-5(13,14)4(11,12)16-2(7)8/h1-2,15H. The minimum absolute atomic E-state index is 1.95. The fourth-order valence-corrected chi connectivity index (χ4v) is 0.459. The lowest BCUT2D eigenvalue weighted by Gasteiger charge is -2.28. The zero-order valence-corrected chi connectivity index (χ0v) is 7.32. The van der Waals surface area contributed by atoms with Crippen molar-refractivity contribution in [2.45, 2.75) is 31.3 Å². The minimum atomic E-state index is -6.29. The summed E-state index contributed by atoms with van der Waals surface area (Å²) in [5, 5.41) is 7.58. The number of alkyl halides is 9. The first-order chi connectivity index (χ1) is 7.32. The lowest BCUT2D eigenvalue weighted by Crippen LogP contribution is -2.51. The molecule has 0 saturated carbocycles. The van der Waals surface area contributed by atoms with Gasteiger partial charge in [0.25, 0.3) is 6.36 Å². The number of aliphatic hydroxyl groups is 1. The van der Waals surface area contributed by atoms with Crippen LogP contribution in [0.4, 0.5) is 39.5 Å². The zero-order valence-electron chi connectivity index (χ0n) is 7.32. The fraction of sp³-hybridized carbons (Fsp3) is 1.00. The molecule has 0 bridgehead atoms. The molecule has 0 saturated heterocycles. The number of rotatable bonds is 6. The van der Waals surface area contributed by atoms with Gasteiger partial charge in [-0.2, -0.15) is 35.1 Å². The average molecular weight is 282 g/mol. The van der Waals surface area contributed by atoms with Crippen LogP contribution in [-0.2, 0) is 9.47 Å². The predicted octanol–water partition coefficient (Wildman–Crippen LogP) is 2.31. The Kier molecular flexibility index (Phi) is 4.64. The molecule has 0 heterocycles. The third-order valence-electron chi connectivity index (χ3n) is 1.12. The van der Waals surface area contributed by atoms with Crippen molar-refractivity contribution in [3.8, 4) is 0 Å². The van der Waals surface area contributed by atoms with E-state index in [2.05, 4.69) is 0 Å². The van der Waals surface area contributed by atoms with Crippen molar-refractivity contribution in [1.82, 2.24) is 0 Å². The molecule has 104 valence electrons. The molecular formula is C5H3F9O3. The molecule has 1 atom stereocenters. The highest BCUT2D eigenvalue weighted by Gasteiger charge is 2.66. The van der Waals surface area contributed by atoms with Gasteiger partial charge in [0.15, 0.2) is 0 Å². The van der Waals surface area contributed by atoms with E-state index in [4.69, 9.17) is 5.11 Å². The first kappa shape index (κ1) is 16.2. The maximum absolute atomic E-state index is 12.2. The lowest BCUT2D eigenvalue weighted by molar-refractivity contribution is -0.509. The van der Waals surface area contributed by atoms with Crippen LogP contribution in [0.1, 0.15) is 0 Å². The second-order valence-electron chi connectivity index (χ2n) is 2.41. The minimum Gasteiger partial charge on any atom is -0.357 e. The molecule has 0 fully saturated rings. The van der Waals surface area contributed by atoms with Crippen LogP contribution in [0.15, 0.2) is 0 Å². The zero-order chi connectivity index (χ0) is 14.1. The van der Waals surface area contributed by atoms with E-state index < -0.39 is 31.3 Å². The second kappa shape index (κ2) is 4.86. The van der Waals surface area contributed by atoms with E-state index in [1.54, 1.807) is 0 Å². The molecule has 0 aromatic heterocycles. The summed E-state index contributed by atoms with van der Waals surface area (Å²) in [6.07, 6.45) is -22.5. The summed E-state index contributed by atoms with van der Waals surface area (Å²) < 4.78 is 111. The van der Waals surface area contributed by atoms with E-state index in [1.165, 1.54) is 0 Å². The van der Waals surface area contributed by atoms with E-state index in [-0.39, 0.29) is 0 Å². The maximum Gasteiger partial charge on any atom is 0.453 e. The van der Waals surface area contributed by atoms with Gasteiger partial charge in [0.05, 0.1) is 0 Å². The third kappa shape index (κ3) is 4.20. The Bertz CT molecular complexity index is 253. The molecular weight excluding hydrogens is 279 g/mol.